The third kappa shape index (κ3) is 11.5. The van der Waals surface area contributed by atoms with Crippen LogP contribution in [0.15, 0.2) is 109 Å². The Morgan fingerprint density at radius 3 is 0.692 bits per heavy atom. The Kier molecular flexibility index (Phi) is 15.6. The number of hydrogen-bond donors (Lipinski definition) is 0. The fourth-order valence-electron chi connectivity index (χ4n) is 8.71. The molecule has 10 rings (SSSR count). The average Bonchev–Trinajstić information content (AvgIpc) is 3.31. The molecule has 0 N–H and O–H groups in total. The van der Waals surface area contributed by atoms with Crippen LogP contribution in [-0.4, -0.2) is 106 Å². The van der Waals surface area contributed by atoms with Crippen molar-refractivity contribution < 1.29 is 52.1 Å². The zero-order valence-corrected chi connectivity index (χ0v) is 37.0. The minimum absolute atomic E-state index is 0.352. The molecule has 6 aromatic carbocycles. The largest absolute Gasteiger partial charge is 0.491 e. The summed E-state index contributed by atoms with van der Waals surface area (Å²) in [6.07, 6.45) is 2.31. The molecule has 0 fully saturated rings. The Bertz CT molecular complexity index is 2230. The number of ether oxygens (including phenoxy) is 11. The van der Waals surface area contributed by atoms with E-state index in [-0.39, 0.29) is 0 Å². The summed E-state index contributed by atoms with van der Waals surface area (Å²) < 4.78 is 69.5. The molecule has 6 aromatic rings. The van der Waals surface area contributed by atoms with Crippen molar-refractivity contribution in [2.45, 2.75) is 25.7 Å². The molecule has 4 aliphatic rings. The third-order valence-electron chi connectivity index (χ3n) is 11.7. The van der Waals surface area contributed by atoms with Crippen molar-refractivity contribution in [2.75, 3.05) is 106 Å². The SMILES string of the molecule is c1cc2c3c(c1)Cc1cccc4c1OCCOCCOc1cccc5c(cccc15)OCCOCCOc1c(cccc1Cc1cccc(c1OCCOCCOCCOCCO3)C4)C2. The molecule has 0 saturated heterocycles. The van der Waals surface area contributed by atoms with Crippen molar-refractivity contribution in [3.8, 4) is 34.5 Å². The second-order valence-electron chi connectivity index (χ2n) is 16.1. The van der Waals surface area contributed by atoms with Gasteiger partial charge in [-0.25, -0.2) is 0 Å². The summed E-state index contributed by atoms with van der Waals surface area (Å²) >= 11 is 0. The predicted molar refractivity (Wildman–Crippen MR) is 248 cm³/mol. The van der Waals surface area contributed by atoms with E-state index in [2.05, 4.69) is 72.8 Å². The van der Waals surface area contributed by atoms with E-state index in [9.17, 15) is 0 Å². The second-order valence-corrected chi connectivity index (χ2v) is 16.1. The Morgan fingerprint density at radius 1 is 0.215 bits per heavy atom. The maximum absolute atomic E-state index is 6.79. The molecule has 340 valence electrons. The molecule has 0 spiro atoms. The molecule has 16 bridgehead atoms. The summed E-state index contributed by atoms with van der Waals surface area (Å²) in [7, 11) is 0. The van der Waals surface area contributed by atoms with Crippen LogP contribution in [0.2, 0.25) is 0 Å². The lowest BCUT2D eigenvalue weighted by Crippen LogP contribution is -2.16. The van der Waals surface area contributed by atoms with Crippen LogP contribution < -0.4 is 28.4 Å². The van der Waals surface area contributed by atoms with Crippen molar-refractivity contribution in [3.05, 3.63) is 154 Å². The number of benzene rings is 6. The molecule has 3 aliphatic heterocycles. The molecule has 0 unspecified atom stereocenters. The molecule has 0 amide bonds. The van der Waals surface area contributed by atoms with Crippen LogP contribution >= 0.6 is 0 Å². The molecule has 0 aromatic heterocycles. The van der Waals surface area contributed by atoms with Crippen LogP contribution in [0.3, 0.4) is 0 Å². The van der Waals surface area contributed by atoms with Gasteiger partial charge in [0, 0.05) is 36.5 Å². The van der Waals surface area contributed by atoms with Crippen molar-refractivity contribution in [2.24, 2.45) is 0 Å². The molecule has 0 radical (unpaired) electrons. The van der Waals surface area contributed by atoms with Crippen LogP contribution in [0.25, 0.3) is 10.8 Å². The van der Waals surface area contributed by atoms with Crippen molar-refractivity contribution in [3.63, 3.8) is 0 Å². The molecule has 0 saturated carbocycles. The third-order valence-corrected chi connectivity index (χ3v) is 11.7. The van der Waals surface area contributed by atoms with Crippen molar-refractivity contribution in [1.82, 2.24) is 0 Å². The average molecular weight is 883 g/mol. The van der Waals surface area contributed by atoms with Gasteiger partial charge in [-0.3, -0.25) is 0 Å². The first-order valence-corrected chi connectivity index (χ1v) is 22.9. The van der Waals surface area contributed by atoms with E-state index in [1.165, 1.54) is 0 Å². The van der Waals surface area contributed by atoms with Gasteiger partial charge in [0.25, 0.3) is 0 Å². The van der Waals surface area contributed by atoms with E-state index in [0.29, 0.717) is 131 Å². The van der Waals surface area contributed by atoms with Gasteiger partial charge in [-0.1, -0.05) is 97.1 Å². The van der Waals surface area contributed by atoms with Crippen molar-refractivity contribution in [1.29, 1.82) is 0 Å². The topological polar surface area (TPSA) is 102 Å². The van der Waals surface area contributed by atoms with Gasteiger partial charge in [-0.15, -0.1) is 0 Å². The molecular weight excluding hydrogens is 825 g/mol. The van der Waals surface area contributed by atoms with Gasteiger partial charge >= 0.3 is 0 Å². The minimum atomic E-state index is 0.352. The Labute approximate surface area is 381 Å². The van der Waals surface area contributed by atoms with Gasteiger partial charge in [0.1, 0.15) is 74.1 Å². The normalized spacial score (nSPS) is 17.4. The van der Waals surface area contributed by atoms with E-state index in [0.717, 1.165) is 89.8 Å². The Morgan fingerprint density at radius 2 is 0.431 bits per heavy atom. The number of fused-ring (bicyclic) bond motifs is 12. The predicted octanol–water partition coefficient (Wildman–Crippen LogP) is 8.60. The van der Waals surface area contributed by atoms with Crippen molar-refractivity contribution >= 4 is 10.8 Å². The maximum Gasteiger partial charge on any atom is 0.127 e. The lowest BCUT2D eigenvalue weighted by atomic mass is 9.91. The van der Waals surface area contributed by atoms with Crippen LogP contribution in [0.4, 0.5) is 0 Å². The highest BCUT2D eigenvalue weighted by molar-refractivity contribution is 5.93. The molecule has 11 heteroatoms. The first kappa shape index (κ1) is 44.4. The maximum atomic E-state index is 6.79. The molecular formula is C54H58O11. The van der Waals surface area contributed by atoms with Gasteiger partial charge < -0.3 is 52.1 Å². The Hall–Kier alpha value is -5.82. The van der Waals surface area contributed by atoms with Gasteiger partial charge in [0.05, 0.1) is 66.1 Å². The van der Waals surface area contributed by atoms with E-state index < -0.39 is 0 Å². The van der Waals surface area contributed by atoms with E-state index in [1.807, 2.05) is 36.4 Å². The van der Waals surface area contributed by atoms with Gasteiger partial charge in [0.15, 0.2) is 0 Å². The van der Waals surface area contributed by atoms with Crippen LogP contribution in [-0.2, 0) is 49.4 Å². The summed E-state index contributed by atoms with van der Waals surface area (Å²) in [5.41, 5.74) is 8.38. The lowest BCUT2D eigenvalue weighted by molar-refractivity contribution is 0.00484. The summed E-state index contributed by atoms with van der Waals surface area (Å²) in [6, 6.07) is 37.7. The number of hydrogen-bond acceptors (Lipinski definition) is 11. The van der Waals surface area contributed by atoms with E-state index in [4.69, 9.17) is 52.1 Å². The molecule has 11 nitrogen and oxygen atoms in total. The van der Waals surface area contributed by atoms with E-state index >= 15 is 0 Å². The molecule has 65 heavy (non-hydrogen) atoms. The monoisotopic (exact) mass is 882 g/mol. The zero-order valence-electron chi connectivity index (χ0n) is 37.0. The number of rotatable bonds is 0. The first-order chi connectivity index (χ1) is 32.3. The van der Waals surface area contributed by atoms with E-state index in [1.54, 1.807) is 0 Å². The Balaban J connectivity index is 1.12. The fraction of sp³-hybridized carbons (Fsp3) is 0.370. The van der Waals surface area contributed by atoms with Gasteiger partial charge in [-0.2, -0.15) is 0 Å². The zero-order chi connectivity index (χ0) is 43.9. The van der Waals surface area contributed by atoms with Crippen LogP contribution in [0.1, 0.15) is 44.5 Å². The molecule has 1 aliphatic carbocycles. The summed E-state index contributed by atoms with van der Waals surface area (Å²) in [5.74, 6) is 4.87. The lowest BCUT2D eigenvalue weighted by Gasteiger charge is -2.23. The minimum Gasteiger partial charge on any atom is -0.491 e. The fourth-order valence-corrected chi connectivity index (χ4v) is 8.71. The smallest absolute Gasteiger partial charge is 0.127 e. The van der Waals surface area contributed by atoms with Crippen LogP contribution in [0, 0.1) is 0 Å². The summed E-state index contributed by atoms with van der Waals surface area (Å²) in [5, 5.41) is 1.95. The van der Waals surface area contributed by atoms with Gasteiger partial charge in [0.2, 0.25) is 0 Å². The highest BCUT2D eigenvalue weighted by atomic mass is 16.6. The van der Waals surface area contributed by atoms with Gasteiger partial charge in [-0.05, 0) is 56.6 Å². The highest BCUT2D eigenvalue weighted by Gasteiger charge is 2.22. The van der Waals surface area contributed by atoms with Crippen LogP contribution in [0.5, 0.6) is 34.5 Å². The first-order valence-electron chi connectivity index (χ1n) is 22.9. The quantitative estimate of drug-likeness (QED) is 0.137. The standard InChI is InChI=1S/C54H58O11/c1-7-39-35-43-11-3-13-45-37-41-9-2-10-42-38-46-14-4-12-44(36-40(8-1)51(39)62-31-25-56-21-19-55-20-22-57-26-32-63-52(41)42)54(46)65-34-28-59-24-30-61-50-18-6-15-47-48(50)16-5-17-49(47)60-29-23-58-27-33-64-53(43)45/h1-18H,19-38H2. The second kappa shape index (κ2) is 22.9. The summed E-state index contributed by atoms with van der Waals surface area (Å²) in [4.78, 5) is 0. The molecule has 3 heterocycles. The molecule has 0 atom stereocenters. The highest BCUT2D eigenvalue weighted by Crippen LogP contribution is 2.39. The number of para-hydroxylation sites is 4. The summed E-state index contributed by atoms with van der Waals surface area (Å²) in [6.45, 7) is 6.47.